The Balaban J connectivity index is 1.73. The topological polar surface area (TPSA) is 86.3 Å². The van der Waals surface area contributed by atoms with Crippen LogP contribution in [-0.2, 0) is 30.3 Å². The number of hydrogen-bond donors (Lipinski definition) is 2. The van der Waals surface area contributed by atoms with E-state index in [2.05, 4.69) is 5.32 Å². The molecule has 1 aromatic carbocycles. The summed E-state index contributed by atoms with van der Waals surface area (Å²) in [7, 11) is 0. The maximum atomic E-state index is 11.6. The molecule has 7 nitrogen and oxygen atoms in total. The van der Waals surface area contributed by atoms with E-state index >= 15 is 0 Å². The zero-order chi connectivity index (χ0) is 18.0. The summed E-state index contributed by atoms with van der Waals surface area (Å²) in [5.41, 5.74) is 0.974. The second kappa shape index (κ2) is 7.39. The Labute approximate surface area is 147 Å². The highest BCUT2D eigenvalue weighted by Crippen LogP contribution is 2.33. The molecule has 0 aliphatic carbocycles. The molecular formula is C18H25NO6. The Morgan fingerprint density at radius 3 is 2.76 bits per heavy atom. The number of carbonyl (C=O) groups is 1. The third kappa shape index (κ3) is 4.37. The van der Waals surface area contributed by atoms with Gasteiger partial charge in [0.05, 0.1) is 13.2 Å². The quantitative estimate of drug-likeness (QED) is 0.840. The number of aliphatic hydroxyl groups excluding tert-OH is 1. The third-order valence-corrected chi connectivity index (χ3v) is 4.32. The van der Waals surface area contributed by atoms with Gasteiger partial charge in [-0.05, 0) is 19.4 Å². The van der Waals surface area contributed by atoms with Crippen LogP contribution in [0.2, 0.25) is 0 Å². The predicted molar refractivity (Wildman–Crippen MR) is 88.4 cm³/mol. The van der Waals surface area contributed by atoms with Crippen LogP contribution in [-0.4, -0.2) is 54.1 Å². The first-order chi connectivity index (χ1) is 11.9. The lowest BCUT2D eigenvalue weighted by atomic mass is 9.95. The normalized spacial score (nSPS) is 34.2. The summed E-state index contributed by atoms with van der Waals surface area (Å²) in [5.74, 6) is -1.09. The van der Waals surface area contributed by atoms with Crippen molar-refractivity contribution in [3.05, 3.63) is 35.9 Å². The SMILES string of the molecule is CC(=O)N[C@@H]1[C@H](OCc2ccccc2)OC2COC(C)(C)O[C@H]2[C@H]1O. The largest absolute Gasteiger partial charge is 0.388 e. The van der Waals surface area contributed by atoms with Crippen molar-refractivity contribution in [3.63, 3.8) is 0 Å². The number of benzene rings is 1. The molecule has 2 aliphatic rings. The highest BCUT2D eigenvalue weighted by atomic mass is 16.8. The summed E-state index contributed by atoms with van der Waals surface area (Å²) in [4.78, 5) is 11.6. The lowest BCUT2D eigenvalue weighted by Gasteiger charge is -2.49. The molecule has 2 N–H and O–H groups in total. The fourth-order valence-electron chi connectivity index (χ4n) is 3.13. The molecule has 0 saturated carbocycles. The van der Waals surface area contributed by atoms with E-state index in [9.17, 15) is 9.90 Å². The van der Waals surface area contributed by atoms with Gasteiger partial charge >= 0.3 is 0 Å². The molecule has 0 spiro atoms. The van der Waals surface area contributed by atoms with E-state index in [0.29, 0.717) is 6.61 Å². The zero-order valence-corrected chi connectivity index (χ0v) is 14.7. The van der Waals surface area contributed by atoms with Gasteiger partial charge in [-0.3, -0.25) is 4.79 Å². The van der Waals surface area contributed by atoms with E-state index in [1.165, 1.54) is 6.92 Å². The minimum absolute atomic E-state index is 0.272. The van der Waals surface area contributed by atoms with Crippen molar-refractivity contribution in [1.29, 1.82) is 0 Å². The molecule has 1 unspecified atom stereocenters. The van der Waals surface area contributed by atoms with Crippen molar-refractivity contribution in [1.82, 2.24) is 5.32 Å². The Bertz CT molecular complexity index is 592. The number of hydrogen-bond acceptors (Lipinski definition) is 6. The molecule has 0 radical (unpaired) electrons. The van der Waals surface area contributed by atoms with Gasteiger partial charge in [0.15, 0.2) is 12.1 Å². The molecule has 0 aromatic heterocycles. The first-order valence-electron chi connectivity index (χ1n) is 8.44. The summed E-state index contributed by atoms with van der Waals surface area (Å²) in [6.07, 6.45) is -2.83. The predicted octanol–water partition coefficient (Wildman–Crippen LogP) is 0.945. The standard InChI is InChI=1S/C18H25NO6/c1-11(20)19-14-15(21)16-13(10-23-18(2,3)25-16)24-17(14)22-9-12-7-5-4-6-8-12/h4-8,13-17,21H,9-10H2,1-3H3,(H,19,20)/t13?,14-,15-,16+,17+/m0/s1. The van der Waals surface area contributed by atoms with Crippen LogP contribution in [0.25, 0.3) is 0 Å². The summed E-state index contributed by atoms with van der Waals surface area (Å²) in [5, 5.41) is 13.5. The van der Waals surface area contributed by atoms with Crippen molar-refractivity contribution in [2.45, 2.75) is 63.8 Å². The molecule has 138 valence electrons. The van der Waals surface area contributed by atoms with Crippen molar-refractivity contribution in [2.24, 2.45) is 0 Å². The van der Waals surface area contributed by atoms with Gasteiger partial charge in [-0.15, -0.1) is 0 Å². The molecule has 2 saturated heterocycles. The maximum Gasteiger partial charge on any atom is 0.217 e. The third-order valence-electron chi connectivity index (χ3n) is 4.32. The van der Waals surface area contributed by atoms with Crippen LogP contribution in [0, 0.1) is 0 Å². The summed E-state index contributed by atoms with van der Waals surface area (Å²) in [6.45, 7) is 5.54. The van der Waals surface area contributed by atoms with E-state index in [1.807, 2.05) is 30.3 Å². The second-order valence-electron chi connectivity index (χ2n) is 6.85. The van der Waals surface area contributed by atoms with Gasteiger partial charge < -0.3 is 29.4 Å². The molecule has 2 fully saturated rings. The maximum absolute atomic E-state index is 11.6. The summed E-state index contributed by atoms with van der Waals surface area (Å²) >= 11 is 0. The number of rotatable bonds is 4. The molecule has 7 heteroatoms. The molecule has 3 rings (SSSR count). The summed E-state index contributed by atoms with van der Waals surface area (Å²) < 4.78 is 23.2. The molecule has 1 aromatic rings. The Morgan fingerprint density at radius 1 is 1.36 bits per heavy atom. The van der Waals surface area contributed by atoms with Crippen LogP contribution in [0.15, 0.2) is 30.3 Å². The van der Waals surface area contributed by atoms with Crippen LogP contribution in [0.1, 0.15) is 26.3 Å². The Hall–Kier alpha value is -1.51. The second-order valence-corrected chi connectivity index (χ2v) is 6.85. The monoisotopic (exact) mass is 351 g/mol. The van der Waals surface area contributed by atoms with Crippen LogP contribution < -0.4 is 5.32 Å². The number of carbonyl (C=O) groups excluding carboxylic acids is 1. The Morgan fingerprint density at radius 2 is 2.08 bits per heavy atom. The van der Waals surface area contributed by atoms with E-state index in [1.54, 1.807) is 13.8 Å². The number of amides is 1. The van der Waals surface area contributed by atoms with Crippen LogP contribution in [0.5, 0.6) is 0 Å². The molecule has 5 atom stereocenters. The lowest BCUT2D eigenvalue weighted by Crippen LogP contribution is -2.68. The first kappa shape index (κ1) is 18.3. The van der Waals surface area contributed by atoms with Gasteiger partial charge in [0, 0.05) is 6.92 Å². The molecule has 1 amide bonds. The highest BCUT2D eigenvalue weighted by molar-refractivity contribution is 5.73. The molecule has 2 heterocycles. The number of aliphatic hydroxyl groups is 1. The lowest BCUT2D eigenvalue weighted by molar-refractivity contribution is -0.369. The van der Waals surface area contributed by atoms with Gasteiger partial charge in [-0.25, -0.2) is 0 Å². The van der Waals surface area contributed by atoms with E-state index in [0.717, 1.165) is 5.56 Å². The Kier molecular flexibility index (Phi) is 5.41. The number of nitrogens with one attached hydrogen (secondary N) is 1. The van der Waals surface area contributed by atoms with E-state index in [4.69, 9.17) is 18.9 Å². The smallest absolute Gasteiger partial charge is 0.217 e. The van der Waals surface area contributed by atoms with Crippen molar-refractivity contribution in [3.8, 4) is 0 Å². The van der Waals surface area contributed by atoms with Crippen LogP contribution in [0.3, 0.4) is 0 Å². The average molecular weight is 351 g/mol. The van der Waals surface area contributed by atoms with E-state index in [-0.39, 0.29) is 12.5 Å². The van der Waals surface area contributed by atoms with Crippen molar-refractivity contribution < 1.29 is 28.8 Å². The highest BCUT2D eigenvalue weighted by Gasteiger charge is 2.51. The molecule has 25 heavy (non-hydrogen) atoms. The first-order valence-corrected chi connectivity index (χ1v) is 8.44. The minimum atomic E-state index is -0.966. The van der Waals surface area contributed by atoms with Gasteiger partial charge in [-0.1, -0.05) is 30.3 Å². The molecule has 2 aliphatic heterocycles. The van der Waals surface area contributed by atoms with Gasteiger partial charge in [0.2, 0.25) is 5.91 Å². The average Bonchev–Trinajstić information content (AvgIpc) is 2.57. The zero-order valence-electron chi connectivity index (χ0n) is 14.7. The van der Waals surface area contributed by atoms with Crippen molar-refractivity contribution in [2.75, 3.05) is 6.61 Å². The van der Waals surface area contributed by atoms with Crippen LogP contribution >= 0.6 is 0 Å². The van der Waals surface area contributed by atoms with E-state index < -0.39 is 36.4 Å². The summed E-state index contributed by atoms with van der Waals surface area (Å²) in [6, 6.07) is 8.91. The number of fused-ring (bicyclic) bond motifs is 1. The molecule has 0 bridgehead atoms. The number of ether oxygens (including phenoxy) is 4. The fourth-order valence-corrected chi connectivity index (χ4v) is 3.13. The fraction of sp³-hybridized carbons (Fsp3) is 0.611. The van der Waals surface area contributed by atoms with Crippen molar-refractivity contribution >= 4 is 5.91 Å². The minimum Gasteiger partial charge on any atom is -0.388 e. The van der Waals surface area contributed by atoms with Gasteiger partial charge in [0.25, 0.3) is 0 Å². The van der Waals surface area contributed by atoms with Crippen LogP contribution in [0.4, 0.5) is 0 Å². The van der Waals surface area contributed by atoms with Gasteiger partial charge in [-0.2, -0.15) is 0 Å². The van der Waals surface area contributed by atoms with Gasteiger partial charge in [0.1, 0.15) is 24.4 Å². The molecular weight excluding hydrogens is 326 g/mol.